The molecule has 2 aromatic carbocycles. The Kier molecular flexibility index (Phi) is 6.77. The molecule has 1 aliphatic heterocycles. The van der Waals surface area contributed by atoms with Crippen LogP contribution in [0.1, 0.15) is 34.8 Å². The second-order valence-corrected chi connectivity index (χ2v) is 7.26. The van der Waals surface area contributed by atoms with Crippen molar-refractivity contribution in [2.75, 3.05) is 33.9 Å². The van der Waals surface area contributed by atoms with Gasteiger partial charge in [-0.15, -0.1) is 0 Å². The summed E-state index contributed by atoms with van der Waals surface area (Å²) in [7, 11) is 3.36. The molecule has 0 aromatic heterocycles. The molecule has 0 N–H and O–H groups in total. The molecule has 158 valence electrons. The summed E-state index contributed by atoms with van der Waals surface area (Å²) in [5.41, 5.74) is 3.04. The first-order valence-corrected chi connectivity index (χ1v) is 9.98. The molecule has 30 heavy (non-hydrogen) atoms. The second-order valence-electron chi connectivity index (χ2n) is 7.26. The third kappa shape index (κ3) is 4.82. The lowest BCUT2D eigenvalue weighted by Gasteiger charge is -2.15. The third-order valence-corrected chi connectivity index (χ3v) is 4.82. The Balaban J connectivity index is 1.88. The molecular formula is C24H27NO5. The molecule has 0 fully saturated rings. The predicted octanol–water partition coefficient (Wildman–Crippen LogP) is 3.91. The van der Waals surface area contributed by atoms with E-state index in [0.29, 0.717) is 48.0 Å². The van der Waals surface area contributed by atoms with Gasteiger partial charge in [-0.1, -0.05) is 18.2 Å². The molecule has 6 nitrogen and oxygen atoms in total. The minimum atomic E-state index is -0.137. The van der Waals surface area contributed by atoms with Gasteiger partial charge in [0.2, 0.25) is 0 Å². The van der Waals surface area contributed by atoms with Gasteiger partial charge in [-0.2, -0.15) is 0 Å². The van der Waals surface area contributed by atoms with E-state index in [9.17, 15) is 9.59 Å². The Morgan fingerprint density at radius 1 is 1.17 bits per heavy atom. The highest BCUT2D eigenvalue weighted by molar-refractivity contribution is 6.13. The topological polar surface area (TPSA) is 65.1 Å². The lowest BCUT2D eigenvalue weighted by molar-refractivity contribution is -0.130. The third-order valence-electron chi connectivity index (χ3n) is 4.82. The van der Waals surface area contributed by atoms with Gasteiger partial charge in [0.1, 0.15) is 5.75 Å². The molecule has 3 rings (SSSR count). The Labute approximate surface area is 177 Å². The highest BCUT2D eigenvalue weighted by Gasteiger charge is 2.22. The van der Waals surface area contributed by atoms with Gasteiger partial charge >= 0.3 is 0 Å². The van der Waals surface area contributed by atoms with Gasteiger partial charge in [0.05, 0.1) is 18.8 Å². The largest absolute Gasteiger partial charge is 0.492 e. The summed E-state index contributed by atoms with van der Waals surface area (Å²) in [6, 6.07) is 11.0. The summed E-state index contributed by atoms with van der Waals surface area (Å²) >= 11 is 0. The average molecular weight is 409 g/mol. The van der Waals surface area contributed by atoms with Crippen LogP contribution >= 0.6 is 0 Å². The number of carbonyl (C=O) groups is 2. The molecule has 0 atom stereocenters. The number of nitrogens with zero attached hydrogens (tertiary/aromatic N) is 1. The zero-order chi connectivity index (χ0) is 21.7. The van der Waals surface area contributed by atoms with Crippen molar-refractivity contribution in [1.82, 2.24) is 4.90 Å². The molecule has 2 aromatic rings. The Bertz CT molecular complexity index is 978. The molecule has 6 heteroatoms. The Hall–Kier alpha value is -3.28. The van der Waals surface area contributed by atoms with Gasteiger partial charge in [-0.25, -0.2) is 0 Å². The lowest BCUT2D eigenvalue weighted by atomic mass is 9.97. The van der Waals surface area contributed by atoms with Crippen molar-refractivity contribution in [3.05, 3.63) is 58.7 Å². The summed E-state index contributed by atoms with van der Waals surface area (Å²) in [6.07, 6.45) is 2.38. The number of fused-ring (bicyclic) bond motifs is 1. The quantitative estimate of drug-likeness (QED) is 0.677. The van der Waals surface area contributed by atoms with Gasteiger partial charge < -0.3 is 19.1 Å². The SMILES string of the molecule is CCOc1cc(C=C2CCOc3c(C)cccc3C2=O)ccc1OCC(=O)N(C)C. The summed E-state index contributed by atoms with van der Waals surface area (Å²) in [5, 5.41) is 0. The number of carbonyl (C=O) groups excluding carboxylic acids is 2. The van der Waals surface area contributed by atoms with Crippen LogP contribution in [0.25, 0.3) is 6.08 Å². The maximum absolute atomic E-state index is 13.1. The van der Waals surface area contributed by atoms with E-state index in [-0.39, 0.29) is 18.3 Å². The zero-order valence-corrected chi connectivity index (χ0v) is 17.9. The van der Waals surface area contributed by atoms with Crippen LogP contribution in [0.3, 0.4) is 0 Å². The fourth-order valence-electron chi connectivity index (χ4n) is 3.18. The molecule has 0 saturated heterocycles. The van der Waals surface area contributed by atoms with Crippen molar-refractivity contribution in [2.24, 2.45) is 0 Å². The molecule has 0 bridgehead atoms. The van der Waals surface area contributed by atoms with Crippen molar-refractivity contribution in [2.45, 2.75) is 20.3 Å². The summed E-state index contributed by atoms with van der Waals surface area (Å²) < 4.78 is 17.2. The fourth-order valence-corrected chi connectivity index (χ4v) is 3.18. The van der Waals surface area contributed by atoms with Gasteiger partial charge in [0.15, 0.2) is 23.9 Å². The Morgan fingerprint density at radius 2 is 1.97 bits per heavy atom. The van der Waals surface area contributed by atoms with Gasteiger partial charge in [-0.05, 0) is 49.2 Å². The van der Waals surface area contributed by atoms with Crippen LogP contribution in [0.4, 0.5) is 0 Å². The van der Waals surface area contributed by atoms with Crippen molar-refractivity contribution in [1.29, 1.82) is 0 Å². The van der Waals surface area contributed by atoms with E-state index in [2.05, 4.69) is 0 Å². The number of aryl methyl sites for hydroxylation is 1. The number of hydrogen-bond acceptors (Lipinski definition) is 5. The number of ketones is 1. The van der Waals surface area contributed by atoms with E-state index < -0.39 is 0 Å². The average Bonchev–Trinajstić information content (AvgIpc) is 2.87. The van der Waals surface area contributed by atoms with E-state index in [4.69, 9.17) is 14.2 Å². The number of ether oxygens (including phenoxy) is 3. The maximum atomic E-state index is 13.1. The van der Waals surface area contributed by atoms with E-state index in [0.717, 1.165) is 11.1 Å². The molecular weight excluding hydrogens is 382 g/mol. The van der Waals surface area contributed by atoms with E-state index in [1.165, 1.54) is 4.90 Å². The fraction of sp³-hybridized carbons (Fsp3) is 0.333. The number of likely N-dealkylation sites (N-methyl/N-ethyl adjacent to an activating group) is 1. The second kappa shape index (κ2) is 9.48. The zero-order valence-electron chi connectivity index (χ0n) is 17.9. The Morgan fingerprint density at radius 3 is 2.70 bits per heavy atom. The number of para-hydroxylation sites is 1. The highest BCUT2D eigenvalue weighted by Crippen LogP contribution is 2.33. The van der Waals surface area contributed by atoms with Crippen molar-refractivity contribution in [3.8, 4) is 17.2 Å². The number of hydrogen-bond donors (Lipinski definition) is 0. The van der Waals surface area contributed by atoms with E-state index >= 15 is 0 Å². The summed E-state index contributed by atoms with van der Waals surface area (Å²) in [4.78, 5) is 26.3. The lowest BCUT2D eigenvalue weighted by Crippen LogP contribution is -2.27. The molecule has 1 amide bonds. The number of amides is 1. The maximum Gasteiger partial charge on any atom is 0.259 e. The van der Waals surface area contributed by atoms with Crippen LogP contribution in [-0.4, -0.2) is 50.5 Å². The smallest absolute Gasteiger partial charge is 0.259 e. The number of benzene rings is 2. The number of rotatable bonds is 6. The molecule has 1 heterocycles. The van der Waals surface area contributed by atoms with Gasteiger partial charge in [0.25, 0.3) is 5.91 Å². The molecule has 0 radical (unpaired) electrons. The number of Topliss-reactive ketones (excluding diaryl/α,β-unsaturated/α-hetero) is 1. The predicted molar refractivity (Wildman–Crippen MR) is 115 cm³/mol. The van der Waals surface area contributed by atoms with Crippen LogP contribution in [0.5, 0.6) is 17.2 Å². The van der Waals surface area contributed by atoms with Gasteiger partial charge in [-0.3, -0.25) is 9.59 Å². The minimum Gasteiger partial charge on any atom is -0.492 e. The van der Waals surface area contributed by atoms with Crippen LogP contribution in [0, 0.1) is 6.92 Å². The van der Waals surface area contributed by atoms with Crippen LogP contribution in [0.15, 0.2) is 42.0 Å². The molecule has 0 unspecified atom stereocenters. The normalized spacial score (nSPS) is 14.5. The van der Waals surface area contributed by atoms with E-state index in [1.54, 1.807) is 26.2 Å². The molecule has 0 aliphatic carbocycles. The van der Waals surface area contributed by atoms with Gasteiger partial charge in [0, 0.05) is 26.1 Å². The highest BCUT2D eigenvalue weighted by atomic mass is 16.5. The first-order valence-electron chi connectivity index (χ1n) is 9.98. The first kappa shape index (κ1) is 21.4. The van der Waals surface area contributed by atoms with Crippen molar-refractivity contribution in [3.63, 3.8) is 0 Å². The summed E-state index contributed by atoms with van der Waals surface area (Å²) in [6.45, 7) is 4.65. The molecule has 0 saturated carbocycles. The van der Waals surface area contributed by atoms with Crippen LogP contribution < -0.4 is 14.2 Å². The minimum absolute atomic E-state index is 0.0268. The van der Waals surface area contributed by atoms with E-state index in [1.807, 2.05) is 44.2 Å². The van der Waals surface area contributed by atoms with Crippen molar-refractivity contribution < 1.29 is 23.8 Å². The monoisotopic (exact) mass is 409 g/mol. The first-order chi connectivity index (χ1) is 14.4. The standard InChI is InChI=1S/C24H27NO5/c1-5-28-21-14-17(9-10-20(21)30-15-22(26)25(3)4)13-18-11-12-29-24-16(2)7-6-8-19(24)23(18)27/h6-10,13-14H,5,11-12,15H2,1-4H3. The van der Waals surface area contributed by atoms with Crippen LogP contribution in [0.2, 0.25) is 0 Å². The summed E-state index contributed by atoms with van der Waals surface area (Å²) in [5.74, 6) is 1.52. The van der Waals surface area contributed by atoms with Crippen LogP contribution in [-0.2, 0) is 4.79 Å². The molecule has 0 spiro atoms. The molecule has 1 aliphatic rings. The van der Waals surface area contributed by atoms with Crippen molar-refractivity contribution >= 4 is 17.8 Å².